The number of amides is 1. The quantitative estimate of drug-likeness (QED) is 0.753. The number of rotatable bonds is 3. The number of aromatic nitrogens is 2. The van der Waals surface area contributed by atoms with Crippen LogP contribution in [0.4, 0.5) is 5.69 Å². The van der Waals surface area contributed by atoms with E-state index in [0.717, 1.165) is 11.1 Å². The fourth-order valence-electron chi connectivity index (χ4n) is 2.65. The fraction of sp³-hybridized carbons (Fsp3) is 0.167. The molecule has 3 rings (SSSR count). The predicted octanol–water partition coefficient (Wildman–Crippen LogP) is 3.96. The van der Waals surface area contributed by atoms with Crippen LogP contribution in [0.1, 0.15) is 11.1 Å². The summed E-state index contributed by atoms with van der Waals surface area (Å²) < 4.78 is 1.25. The summed E-state index contributed by atoms with van der Waals surface area (Å²) in [4.78, 5) is 29.0. The Balaban J connectivity index is 1.87. The van der Waals surface area contributed by atoms with Gasteiger partial charge < -0.3 is 5.32 Å². The van der Waals surface area contributed by atoms with E-state index >= 15 is 0 Å². The lowest BCUT2D eigenvalue weighted by atomic mass is 10.1. The first-order valence-corrected chi connectivity index (χ1v) is 8.32. The van der Waals surface area contributed by atoms with Crippen molar-refractivity contribution in [1.29, 1.82) is 0 Å². The maximum Gasteiger partial charge on any atom is 0.261 e. The number of hydrogen-bond acceptors (Lipinski definition) is 3. The number of fused-ring (bicyclic) bond motifs is 1. The number of carbonyl (C=O) groups excluding carboxylic acids is 1. The van der Waals surface area contributed by atoms with Crippen LogP contribution < -0.4 is 10.9 Å². The molecule has 0 fully saturated rings. The number of halogens is 2. The second kappa shape index (κ2) is 6.86. The van der Waals surface area contributed by atoms with Crippen molar-refractivity contribution in [3.63, 3.8) is 0 Å². The molecule has 0 aliphatic heterocycles. The first-order chi connectivity index (χ1) is 11.8. The maximum absolute atomic E-state index is 12.5. The van der Waals surface area contributed by atoms with Crippen LogP contribution in [0.3, 0.4) is 0 Å². The SMILES string of the molecule is Cc1cc(C)c(NC(=O)Cn2cnc3cc(Cl)ccc3c2=O)c(Cl)c1. The normalized spacial score (nSPS) is 10.9. The molecular formula is C18H15Cl2N3O2. The fourth-order valence-corrected chi connectivity index (χ4v) is 3.19. The smallest absolute Gasteiger partial charge is 0.261 e. The highest BCUT2D eigenvalue weighted by Crippen LogP contribution is 2.27. The van der Waals surface area contributed by atoms with E-state index in [9.17, 15) is 9.59 Å². The maximum atomic E-state index is 12.5. The number of benzene rings is 2. The molecule has 0 radical (unpaired) electrons. The Bertz CT molecular complexity index is 1020. The number of hydrogen-bond donors (Lipinski definition) is 1. The zero-order valence-corrected chi connectivity index (χ0v) is 15.1. The minimum atomic E-state index is -0.355. The zero-order valence-electron chi connectivity index (χ0n) is 13.6. The van der Waals surface area contributed by atoms with Crippen LogP contribution in [0.2, 0.25) is 10.0 Å². The Morgan fingerprint density at radius 2 is 1.96 bits per heavy atom. The highest BCUT2D eigenvalue weighted by Gasteiger charge is 2.12. The summed E-state index contributed by atoms with van der Waals surface area (Å²) in [6, 6.07) is 8.53. The average molecular weight is 376 g/mol. The van der Waals surface area contributed by atoms with Gasteiger partial charge in [0.05, 0.1) is 27.9 Å². The number of carbonyl (C=O) groups is 1. The van der Waals surface area contributed by atoms with E-state index in [4.69, 9.17) is 23.2 Å². The van der Waals surface area contributed by atoms with Crippen molar-refractivity contribution in [3.05, 3.63) is 68.2 Å². The standard InChI is InChI=1S/C18H15Cl2N3O2/c1-10-5-11(2)17(14(20)6-10)22-16(24)8-23-9-21-15-7-12(19)3-4-13(15)18(23)25/h3-7,9H,8H2,1-2H3,(H,22,24). The van der Waals surface area contributed by atoms with E-state index < -0.39 is 0 Å². The summed E-state index contributed by atoms with van der Waals surface area (Å²) in [6.45, 7) is 3.63. The summed E-state index contributed by atoms with van der Waals surface area (Å²) in [5, 5.41) is 4.13. The first-order valence-electron chi connectivity index (χ1n) is 7.56. The van der Waals surface area contributed by atoms with Crippen LogP contribution in [0, 0.1) is 13.8 Å². The molecular weight excluding hydrogens is 361 g/mol. The highest BCUT2D eigenvalue weighted by molar-refractivity contribution is 6.34. The van der Waals surface area contributed by atoms with E-state index in [2.05, 4.69) is 10.3 Å². The summed E-state index contributed by atoms with van der Waals surface area (Å²) in [5.74, 6) is -0.355. The molecule has 0 spiro atoms. The van der Waals surface area contributed by atoms with Gasteiger partial charge in [-0.2, -0.15) is 0 Å². The molecule has 0 aliphatic rings. The molecule has 0 bridgehead atoms. The minimum absolute atomic E-state index is 0.159. The van der Waals surface area contributed by atoms with E-state index in [1.54, 1.807) is 24.3 Å². The Morgan fingerprint density at radius 1 is 1.20 bits per heavy atom. The Labute approximate surface area is 154 Å². The number of aryl methyl sites for hydroxylation is 2. The molecule has 0 unspecified atom stereocenters. The van der Waals surface area contributed by atoms with Gasteiger partial charge in [-0.05, 0) is 49.2 Å². The van der Waals surface area contributed by atoms with E-state index in [1.807, 2.05) is 19.9 Å². The molecule has 7 heteroatoms. The first kappa shape index (κ1) is 17.5. The molecule has 128 valence electrons. The minimum Gasteiger partial charge on any atom is -0.323 e. The van der Waals surface area contributed by atoms with E-state index in [-0.39, 0.29) is 18.0 Å². The van der Waals surface area contributed by atoms with E-state index in [1.165, 1.54) is 10.9 Å². The van der Waals surface area contributed by atoms with Gasteiger partial charge in [0.15, 0.2) is 0 Å². The Morgan fingerprint density at radius 3 is 2.68 bits per heavy atom. The lowest BCUT2D eigenvalue weighted by Crippen LogP contribution is -2.28. The third kappa shape index (κ3) is 3.67. The molecule has 2 aromatic carbocycles. The third-order valence-corrected chi connectivity index (χ3v) is 4.33. The van der Waals surface area contributed by atoms with Crippen molar-refractivity contribution in [1.82, 2.24) is 9.55 Å². The molecule has 3 aromatic rings. The summed E-state index contributed by atoms with van der Waals surface area (Å²) in [6.07, 6.45) is 1.34. The van der Waals surface area contributed by atoms with Crippen LogP contribution in [-0.2, 0) is 11.3 Å². The zero-order chi connectivity index (χ0) is 18.1. The summed E-state index contributed by atoms with van der Waals surface area (Å²) >= 11 is 12.1. The van der Waals surface area contributed by atoms with Gasteiger partial charge in [-0.3, -0.25) is 14.2 Å². The third-order valence-electron chi connectivity index (χ3n) is 3.80. The van der Waals surface area contributed by atoms with Crippen LogP contribution in [0.15, 0.2) is 41.5 Å². The second-order valence-electron chi connectivity index (χ2n) is 5.83. The van der Waals surface area contributed by atoms with E-state index in [0.29, 0.717) is 26.6 Å². The molecule has 25 heavy (non-hydrogen) atoms. The molecule has 0 saturated heterocycles. The van der Waals surface area contributed by atoms with Gasteiger partial charge >= 0.3 is 0 Å². The average Bonchev–Trinajstić information content (AvgIpc) is 2.53. The molecule has 0 atom stereocenters. The summed E-state index contributed by atoms with van der Waals surface area (Å²) in [5.41, 5.74) is 2.60. The van der Waals surface area contributed by atoms with Crippen LogP contribution in [0.25, 0.3) is 10.9 Å². The molecule has 1 amide bonds. The molecule has 0 saturated carbocycles. The van der Waals surface area contributed by atoms with Gasteiger partial charge in [-0.15, -0.1) is 0 Å². The number of nitrogens with one attached hydrogen (secondary N) is 1. The van der Waals surface area contributed by atoms with Gasteiger partial charge in [0.25, 0.3) is 5.56 Å². The van der Waals surface area contributed by atoms with Crippen molar-refractivity contribution >= 4 is 45.7 Å². The lowest BCUT2D eigenvalue weighted by Gasteiger charge is -2.12. The largest absolute Gasteiger partial charge is 0.323 e. The second-order valence-corrected chi connectivity index (χ2v) is 6.67. The topological polar surface area (TPSA) is 64.0 Å². The van der Waals surface area contributed by atoms with Crippen molar-refractivity contribution in [2.75, 3.05) is 5.32 Å². The van der Waals surface area contributed by atoms with Crippen molar-refractivity contribution < 1.29 is 4.79 Å². The van der Waals surface area contributed by atoms with Gasteiger partial charge in [0.2, 0.25) is 5.91 Å². The molecule has 0 aliphatic carbocycles. The Kier molecular flexibility index (Phi) is 4.79. The number of nitrogens with zero attached hydrogens (tertiary/aromatic N) is 2. The van der Waals surface area contributed by atoms with Crippen LogP contribution >= 0.6 is 23.2 Å². The van der Waals surface area contributed by atoms with Crippen molar-refractivity contribution in [2.24, 2.45) is 0 Å². The van der Waals surface area contributed by atoms with Gasteiger partial charge in [0.1, 0.15) is 6.54 Å². The highest BCUT2D eigenvalue weighted by atomic mass is 35.5. The monoisotopic (exact) mass is 375 g/mol. The molecule has 5 nitrogen and oxygen atoms in total. The molecule has 1 aromatic heterocycles. The lowest BCUT2D eigenvalue weighted by molar-refractivity contribution is -0.116. The van der Waals surface area contributed by atoms with Crippen LogP contribution in [0.5, 0.6) is 0 Å². The van der Waals surface area contributed by atoms with Crippen molar-refractivity contribution in [2.45, 2.75) is 20.4 Å². The van der Waals surface area contributed by atoms with Gasteiger partial charge in [-0.25, -0.2) is 4.98 Å². The molecule has 1 heterocycles. The number of anilines is 1. The predicted molar refractivity (Wildman–Crippen MR) is 101 cm³/mol. The van der Waals surface area contributed by atoms with Gasteiger partial charge in [0, 0.05) is 5.02 Å². The summed E-state index contributed by atoms with van der Waals surface area (Å²) in [7, 11) is 0. The Hall–Kier alpha value is -2.37. The van der Waals surface area contributed by atoms with Crippen LogP contribution in [-0.4, -0.2) is 15.5 Å². The molecule has 1 N–H and O–H groups in total. The van der Waals surface area contributed by atoms with Gasteiger partial charge in [-0.1, -0.05) is 29.3 Å². The van der Waals surface area contributed by atoms with Crippen molar-refractivity contribution in [3.8, 4) is 0 Å².